The van der Waals surface area contributed by atoms with Gasteiger partial charge in [-0.25, -0.2) is 0 Å². The van der Waals surface area contributed by atoms with Gasteiger partial charge in [0.05, 0.1) is 11.6 Å². The summed E-state index contributed by atoms with van der Waals surface area (Å²) in [5, 5.41) is 11.0. The van der Waals surface area contributed by atoms with Gasteiger partial charge >= 0.3 is 0 Å². The van der Waals surface area contributed by atoms with E-state index in [0.29, 0.717) is 17.1 Å². The van der Waals surface area contributed by atoms with Crippen molar-refractivity contribution in [2.75, 3.05) is 6.54 Å². The third-order valence-corrected chi connectivity index (χ3v) is 4.26. The van der Waals surface area contributed by atoms with Crippen LogP contribution in [0.15, 0.2) is 42.5 Å². The zero-order chi connectivity index (χ0) is 16.2. The number of benzene rings is 2. The van der Waals surface area contributed by atoms with Crippen LogP contribution in [0.3, 0.4) is 0 Å². The molecule has 0 saturated heterocycles. The molecule has 0 amide bonds. The maximum absolute atomic E-state index is 9.17. The number of halogens is 1. The van der Waals surface area contributed by atoms with E-state index in [9.17, 15) is 0 Å². The van der Waals surface area contributed by atoms with E-state index in [2.05, 4.69) is 11.1 Å². The van der Waals surface area contributed by atoms with Crippen LogP contribution in [0.1, 0.15) is 24.0 Å². The molecule has 0 unspecified atom stereocenters. The minimum Gasteiger partial charge on any atom is -0.354 e. The molecule has 2 aromatic carbocycles. The Kier molecular flexibility index (Phi) is 4.66. The van der Waals surface area contributed by atoms with E-state index in [1.165, 1.54) is 5.56 Å². The topological polar surface area (TPSA) is 65.6 Å². The van der Waals surface area contributed by atoms with Crippen LogP contribution in [-0.4, -0.2) is 11.5 Å². The molecule has 0 fully saturated rings. The second-order valence-electron chi connectivity index (χ2n) is 5.61. The SMILES string of the molecule is N#Cc1ccc2[nH]c(-c3cccc(Cl)c3)c(CCCCN)c2c1. The van der Waals surface area contributed by atoms with Crippen molar-refractivity contribution >= 4 is 22.5 Å². The van der Waals surface area contributed by atoms with Crippen LogP contribution in [0.4, 0.5) is 0 Å². The highest BCUT2D eigenvalue weighted by Crippen LogP contribution is 2.33. The number of hydrogen-bond acceptors (Lipinski definition) is 2. The number of nitrogens with two attached hydrogens (primary N) is 1. The molecule has 3 rings (SSSR count). The lowest BCUT2D eigenvalue weighted by Crippen LogP contribution is -1.99. The summed E-state index contributed by atoms with van der Waals surface area (Å²) >= 11 is 6.15. The monoisotopic (exact) mass is 323 g/mol. The Morgan fingerprint density at radius 2 is 2.00 bits per heavy atom. The van der Waals surface area contributed by atoms with Crippen LogP contribution in [-0.2, 0) is 6.42 Å². The van der Waals surface area contributed by atoms with Gasteiger partial charge in [-0.15, -0.1) is 0 Å². The van der Waals surface area contributed by atoms with E-state index in [4.69, 9.17) is 22.6 Å². The van der Waals surface area contributed by atoms with E-state index < -0.39 is 0 Å². The normalized spacial score (nSPS) is 10.8. The molecule has 0 bridgehead atoms. The highest BCUT2D eigenvalue weighted by Gasteiger charge is 2.13. The molecule has 1 heterocycles. The third-order valence-electron chi connectivity index (χ3n) is 4.03. The smallest absolute Gasteiger partial charge is 0.0991 e. The summed E-state index contributed by atoms with van der Waals surface area (Å²) in [6.07, 6.45) is 2.93. The fraction of sp³-hybridized carbons (Fsp3) is 0.211. The number of H-pyrrole nitrogens is 1. The van der Waals surface area contributed by atoms with Crippen LogP contribution in [0.25, 0.3) is 22.2 Å². The fourth-order valence-electron chi connectivity index (χ4n) is 2.91. The summed E-state index contributed by atoms with van der Waals surface area (Å²) in [5.41, 5.74) is 10.7. The summed E-state index contributed by atoms with van der Waals surface area (Å²) in [5.74, 6) is 0. The van der Waals surface area contributed by atoms with Crippen molar-refractivity contribution in [3.8, 4) is 17.3 Å². The first-order valence-electron chi connectivity index (χ1n) is 7.73. The summed E-state index contributed by atoms with van der Waals surface area (Å²) in [4.78, 5) is 3.49. The Bertz CT molecular complexity index is 874. The molecule has 23 heavy (non-hydrogen) atoms. The van der Waals surface area contributed by atoms with Gasteiger partial charge in [0.2, 0.25) is 0 Å². The number of aromatic amines is 1. The van der Waals surface area contributed by atoms with Gasteiger partial charge in [0.15, 0.2) is 0 Å². The summed E-state index contributed by atoms with van der Waals surface area (Å²) in [7, 11) is 0. The van der Waals surface area contributed by atoms with Gasteiger partial charge in [-0.05, 0) is 67.3 Å². The second-order valence-corrected chi connectivity index (χ2v) is 6.04. The Labute approximate surface area is 140 Å². The summed E-state index contributed by atoms with van der Waals surface area (Å²) in [6, 6.07) is 15.8. The van der Waals surface area contributed by atoms with Crippen molar-refractivity contribution in [1.82, 2.24) is 4.98 Å². The highest BCUT2D eigenvalue weighted by atomic mass is 35.5. The Morgan fingerprint density at radius 1 is 1.13 bits per heavy atom. The molecule has 0 spiro atoms. The Morgan fingerprint density at radius 3 is 2.74 bits per heavy atom. The van der Waals surface area contributed by atoms with Crippen molar-refractivity contribution in [3.05, 3.63) is 58.6 Å². The molecule has 3 N–H and O–H groups in total. The predicted octanol–water partition coefficient (Wildman–Crippen LogP) is 4.64. The minimum absolute atomic E-state index is 0.675. The number of aromatic nitrogens is 1. The number of nitriles is 1. The number of aryl methyl sites for hydroxylation is 1. The molecule has 0 aliphatic heterocycles. The molecule has 4 heteroatoms. The maximum Gasteiger partial charge on any atom is 0.0991 e. The van der Waals surface area contributed by atoms with Crippen molar-refractivity contribution < 1.29 is 0 Å². The Hall–Kier alpha value is -2.28. The molecule has 116 valence electrons. The predicted molar refractivity (Wildman–Crippen MR) is 95.5 cm³/mol. The molecule has 3 aromatic rings. The molecule has 0 aliphatic rings. The van der Waals surface area contributed by atoms with Gasteiger partial charge in [0, 0.05) is 21.6 Å². The van der Waals surface area contributed by atoms with Gasteiger partial charge in [-0.3, -0.25) is 0 Å². The Balaban J connectivity index is 2.15. The van der Waals surface area contributed by atoms with E-state index >= 15 is 0 Å². The maximum atomic E-state index is 9.17. The van der Waals surface area contributed by atoms with E-state index in [0.717, 1.165) is 41.4 Å². The number of hydrogen-bond donors (Lipinski definition) is 2. The largest absolute Gasteiger partial charge is 0.354 e. The van der Waals surface area contributed by atoms with Gasteiger partial charge in [-0.1, -0.05) is 23.7 Å². The van der Waals surface area contributed by atoms with E-state index in [1.807, 2.05) is 42.5 Å². The molecule has 0 radical (unpaired) electrons. The van der Waals surface area contributed by atoms with Crippen LogP contribution in [0, 0.1) is 11.3 Å². The molecular formula is C19H18ClN3. The average Bonchev–Trinajstić information content (AvgIpc) is 2.93. The van der Waals surface area contributed by atoms with Crippen molar-refractivity contribution in [3.63, 3.8) is 0 Å². The first-order valence-corrected chi connectivity index (χ1v) is 8.11. The highest BCUT2D eigenvalue weighted by molar-refractivity contribution is 6.30. The lowest BCUT2D eigenvalue weighted by atomic mass is 9.99. The third kappa shape index (κ3) is 3.24. The lowest BCUT2D eigenvalue weighted by molar-refractivity contribution is 0.748. The number of rotatable bonds is 5. The van der Waals surface area contributed by atoms with Gasteiger partial charge in [0.25, 0.3) is 0 Å². The molecular weight excluding hydrogens is 306 g/mol. The van der Waals surface area contributed by atoms with Crippen molar-refractivity contribution in [2.45, 2.75) is 19.3 Å². The molecule has 0 aliphatic carbocycles. The fourth-order valence-corrected chi connectivity index (χ4v) is 3.10. The van der Waals surface area contributed by atoms with Gasteiger partial charge < -0.3 is 10.7 Å². The summed E-state index contributed by atoms with van der Waals surface area (Å²) < 4.78 is 0. The molecule has 3 nitrogen and oxygen atoms in total. The first-order chi connectivity index (χ1) is 11.2. The zero-order valence-corrected chi connectivity index (χ0v) is 13.5. The average molecular weight is 324 g/mol. The second kappa shape index (κ2) is 6.87. The van der Waals surface area contributed by atoms with Gasteiger partial charge in [0.1, 0.15) is 0 Å². The van der Waals surface area contributed by atoms with Crippen LogP contribution in [0.2, 0.25) is 5.02 Å². The molecule has 0 saturated carbocycles. The first kappa shape index (κ1) is 15.6. The van der Waals surface area contributed by atoms with Crippen LogP contribution in [0.5, 0.6) is 0 Å². The minimum atomic E-state index is 0.675. The van der Waals surface area contributed by atoms with Gasteiger partial charge in [-0.2, -0.15) is 5.26 Å². The molecule has 0 atom stereocenters. The van der Waals surface area contributed by atoms with Crippen LogP contribution < -0.4 is 5.73 Å². The standard InChI is InChI=1S/C19H18ClN3/c20-15-5-3-4-14(11-15)19-16(6-1-2-9-21)17-10-13(12-22)7-8-18(17)23-19/h3-5,7-8,10-11,23H,1-2,6,9,21H2. The quantitative estimate of drug-likeness (QED) is 0.672. The summed E-state index contributed by atoms with van der Waals surface area (Å²) in [6.45, 7) is 0.693. The number of nitrogens with zero attached hydrogens (tertiary/aromatic N) is 1. The lowest BCUT2D eigenvalue weighted by Gasteiger charge is -2.06. The van der Waals surface area contributed by atoms with E-state index in [-0.39, 0.29) is 0 Å². The van der Waals surface area contributed by atoms with Crippen LogP contribution >= 0.6 is 11.6 Å². The molecule has 1 aromatic heterocycles. The van der Waals surface area contributed by atoms with E-state index in [1.54, 1.807) is 0 Å². The number of fused-ring (bicyclic) bond motifs is 1. The van der Waals surface area contributed by atoms with Crippen molar-refractivity contribution in [2.24, 2.45) is 5.73 Å². The number of nitrogens with one attached hydrogen (secondary N) is 1. The zero-order valence-electron chi connectivity index (χ0n) is 12.8. The van der Waals surface area contributed by atoms with Crippen molar-refractivity contribution in [1.29, 1.82) is 5.26 Å². The number of unbranched alkanes of at least 4 members (excludes halogenated alkanes) is 1.